The molecule has 0 aliphatic rings. The van der Waals surface area contributed by atoms with Crippen molar-refractivity contribution in [2.45, 2.75) is 47.0 Å². The summed E-state index contributed by atoms with van der Waals surface area (Å²) in [5, 5.41) is 5.15. The van der Waals surface area contributed by atoms with Crippen molar-refractivity contribution < 1.29 is 0 Å². The molecule has 12 aromatic rings. The first-order chi connectivity index (χ1) is 35.3. The van der Waals surface area contributed by atoms with E-state index in [1.54, 1.807) is 0 Å². The van der Waals surface area contributed by atoms with Crippen molar-refractivity contribution in [1.82, 2.24) is 4.57 Å². The average Bonchev–Trinajstić information content (AvgIpc) is 3.78. The van der Waals surface area contributed by atoms with Gasteiger partial charge in [-0.1, -0.05) is 267 Å². The number of hydrogen-bond acceptors (Lipinski definition) is 0. The van der Waals surface area contributed by atoms with Gasteiger partial charge in [-0.25, -0.2) is 0 Å². The van der Waals surface area contributed by atoms with E-state index in [1.165, 1.54) is 99.3 Å². The van der Waals surface area contributed by atoms with Gasteiger partial charge in [0.25, 0.3) is 0 Å². The van der Waals surface area contributed by atoms with Crippen molar-refractivity contribution in [1.29, 1.82) is 0 Å². The molecule has 11 aromatic carbocycles. The summed E-state index contributed by atoms with van der Waals surface area (Å²) in [6.45, 7) is 12.7. The summed E-state index contributed by atoms with van der Waals surface area (Å²) in [6, 6.07) is 98.3. The molecule has 0 amide bonds. The number of nitrogens with zero attached hydrogens (tertiary/aromatic N) is 1. The lowest BCUT2D eigenvalue weighted by molar-refractivity contribution is 0.694. The van der Waals surface area contributed by atoms with Crippen LogP contribution in [0.5, 0.6) is 0 Å². The third-order valence-corrected chi connectivity index (χ3v) is 13.7. The van der Waals surface area contributed by atoms with Gasteiger partial charge in [-0.05, 0) is 125 Å². The summed E-state index contributed by atoms with van der Waals surface area (Å²) in [5.74, 6) is 0. The number of rotatable bonds is 7. The van der Waals surface area contributed by atoms with Crippen LogP contribution in [0.1, 0.15) is 54.2 Å². The Balaban J connectivity index is 0.000000265. The molecule has 0 bridgehead atoms. The summed E-state index contributed by atoms with van der Waals surface area (Å²) >= 11 is 0. The number of benzene rings is 11. The molecule has 0 saturated carbocycles. The molecule has 0 radical (unpaired) electrons. The summed E-state index contributed by atoms with van der Waals surface area (Å²) in [6.07, 6.45) is 0. The van der Waals surface area contributed by atoms with Gasteiger partial charge in [-0.3, -0.25) is 0 Å². The van der Waals surface area contributed by atoms with Gasteiger partial charge in [0.15, 0.2) is 0 Å². The fraction of sp³-hybridized carbons (Fsp3) is 0.0986. The van der Waals surface area contributed by atoms with Crippen molar-refractivity contribution in [3.8, 4) is 39.1 Å². The zero-order chi connectivity index (χ0) is 49.9. The molecule has 352 valence electrons. The van der Waals surface area contributed by atoms with Gasteiger partial charge in [0.1, 0.15) is 0 Å². The van der Waals surface area contributed by atoms with E-state index in [-0.39, 0.29) is 5.41 Å². The van der Waals surface area contributed by atoms with E-state index in [9.17, 15) is 0 Å². The minimum atomic E-state index is -0.331. The van der Waals surface area contributed by atoms with Crippen LogP contribution in [-0.2, 0) is 5.41 Å². The number of hydrogen-bond donors (Lipinski definition) is 0. The monoisotopic (exact) mass is 929 g/mol. The zero-order valence-electron chi connectivity index (χ0n) is 42.4. The van der Waals surface area contributed by atoms with Gasteiger partial charge < -0.3 is 4.57 Å². The summed E-state index contributed by atoms with van der Waals surface area (Å²) < 4.78 is 2.41. The minimum Gasteiger partial charge on any atom is -0.309 e. The molecule has 0 aliphatic heterocycles. The molecule has 0 N–H and O–H groups in total. The first-order valence-electron chi connectivity index (χ1n) is 25.3. The van der Waals surface area contributed by atoms with Crippen molar-refractivity contribution in [3.63, 3.8) is 0 Å². The number of aryl methyl sites for hydroxylation is 3. The zero-order valence-corrected chi connectivity index (χ0v) is 42.4. The van der Waals surface area contributed by atoms with E-state index in [1.807, 2.05) is 32.0 Å². The molecule has 0 unspecified atom stereocenters. The largest absolute Gasteiger partial charge is 0.309 e. The van der Waals surface area contributed by atoms with E-state index in [4.69, 9.17) is 0 Å². The lowest BCUT2D eigenvalue weighted by Crippen LogP contribution is -2.26. The van der Waals surface area contributed by atoms with Gasteiger partial charge in [0.05, 0.1) is 11.0 Å². The van der Waals surface area contributed by atoms with Crippen LogP contribution >= 0.6 is 0 Å². The quantitative estimate of drug-likeness (QED) is 0.140. The highest BCUT2D eigenvalue weighted by Crippen LogP contribution is 2.44. The Morgan fingerprint density at radius 2 is 0.792 bits per heavy atom. The number of fused-ring (bicyclic) bond motifs is 4. The van der Waals surface area contributed by atoms with E-state index in [0.717, 1.165) is 5.69 Å². The predicted molar refractivity (Wildman–Crippen MR) is 311 cm³/mol. The summed E-state index contributed by atoms with van der Waals surface area (Å²) in [4.78, 5) is 0. The maximum atomic E-state index is 2.41. The third-order valence-electron chi connectivity index (χ3n) is 13.7. The Labute approximate surface area is 427 Å². The second-order valence-corrected chi connectivity index (χ2v) is 18.5. The Kier molecular flexibility index (Phi) is 15.1. The molecule has 1 heterocycles. The van der Waals surface area contributed by atoms with Crippen LogP contribution in [0.15, 0.2) is 273 Å². The highest BCUT2D eigenvalue weighted by atomic mass is 15.0. The second-order valence-electron chi connectivity index (χ2n) is 18.5. The van der Waals surface area contributed by atoms with E-state index in [2.05, 4.69) is 287 Å². The van der Waals surface area contributed by atoms with Crippen molar-refractivity contribution in [2.75, 3.05) is 0 Å². The SMILES string of the molecule is CC.Cc1ccc(-c2cccc(-c3ccc4c(c3)c3ccccc3n4-c3ccc(-c4ccccc4C(C)(c4ccccc4)c4ccccc4)cc3)c2)cc1.Cc1ccc2ccccc2c1.Cc1ccccc1. The molecule has 1 heteroatoms. The van der Waals surface area contributed by atoms with Crippen LogP contribution in [0.4, 0.5) is 0 Å². The maximum Gasteiger partial charge on any atom is 0.0541 e. The van der Waals surface area contributed by atoms with E-state index >= 15 is 0 Å². The molecule has 0 spiro atoms. The van der Waals surface area contributed by atoms with Gasteiger partial charge in [0, 0.05) is 21.9 Å². The van der Waals surface area contributed by atoms with Gasteiger partial charge in [0.2, 0.25) is 0 Å². The Morgan fingerprint density at radius 3 is 1.44 bits per heavy atom. The minimum absolute atomic E-state index is 0.331. The normalized spacial score (nSPS) is 10.9. The molecular weight excluding hydrogens is 867 g/mol. The van der Waals surface area contributed by atoms with Crippen LogP contribution in [0, 0.1) is 20.8 Å². The summed E-state index contributed by atoms with van der Waals surface area (Å²) in [7, 11) is 0. The van der Waals surface area contributed by atoms with Crippen molar-refractivity contribution in [3.05, 3.63) is 306 Å². The van der Waals surface area contributed by atoms with Crippen LogP contribution in [0.2, 0.25) is 0 Å². The molecule has 72 heavy (non-hydrogen) atoms. The molecule has 1 nitrogen and oxygen atoms in total. The first-order valence-corrected chi connectivity index (χ1v) is 25.3. The Hall–Kier alpha value is -8.52. The smallest absolute Gasteiger partial charge is 0.0541 e. The Morgan fingerprint density at radius 1 is 0.306 bits per heavy atom. The van der Waals surface area contributed by atoms with Crippen LogP contribution < -0.4 is 0 Å². The Bertz CT molecular complexity index is 3620. The number of aromatic nitrogens is 1. The van der Waals surface area contributed by atoms with Crippen LogP contribution in [0.3, 0.4) is 0 Å². The second kappa shape index (κ2) is 22.5. The van der Waals surface area contributed by atoms with E-state index < -0.39 is 0 Å². The maximum absolute atomic E-state index is 2.41. The van der Waals surface area contributed by atoms with Crippen molar-refractivity contribution >= 4 is 32.6 Å². The molecule has 0 fully saturated rings. The fourth-order valence-electron chi connectivity index (χ4n) is 9.88. The molecular formula is C71H63N. The van der Waals surface area contributed by atoms with Gasteiger partial charge in [-0.2, -0.15) is 0 Å². The third kappa shape index (κ3) is 10.5. The predicted octanol–water partition coefficient (Wildman–Crippen LogP) is 19.6. The lowest BCUT2D eigenvalue weighted by atomic mass is 9.69. The van der Waals surface area contributed by atoms with Crippen molar-refractivity contribution in [2.24, 2.45) is 0 Å². The number of para-hydroxylation sites is 1. The highest BCUT2D eigenvalue weighted by molar-refractivity contribution is 6.10. The van der Waals surface area contributed by atoms with Crippen LogP contribution in [0.25, 0.3) is 71.6 Å². The summed E-state index contributed by atoms with van der Waals surface area (Å²) in [5.41, 5.74) is 18.3. The molecule has 1 aromatic heterocycles. The van der Waals surface area contributed by atoms with Crippen LogP contribution in [-0.4, -0.2) is 4.57 Å². The highest BCUT2D eigenvalue weighted by Gasteiger charge is 2.33. The average molecular weight is 930 g/mol. The molecule has 0 saturated heterocycles. The first kappa shape index (κ1) is 48.5. The van der Waals surface area contributed by atoms with E-state index in [0.29, 0.717) is 0 Å². The molecule has 0 atom stereocenters. The van der Waals surface area contributed by atoms with Gasteiger partial charge >= 0.3 is 0 Å². The topological polar surface area (TPSA) is 4.93 Å². The standard InChI is InChI=1S/C51H39N.C11H10.C7H8.C2H6/c1-36-24-26-37(27-25-36)39-14-13-15-40(34-39)41-30-33-50-47(35-41)46-21-10-12-23-49(46)52(50)44-31-28-38(29-32-44)45-20-9-11-22-48(45)51(2,42-16-5-3-6-17-42)43-18-7-4-8-19-43;1-9-6-7-10-4-2-3-5-11(10)8-9;1-7-5-3-2-4-6-7;1-2/h3-35H,1-2H3;2-8H,1H3;2-6H,1H3;1-2H3. The molecule has 0 aliphatic carbocycles. The van der Waals surface area contributed by atoms with Gasteiger partial charge in [-0.15, -0.1) is 0 Å². The fourth-order valence-corrected chi connectivity index (χ4v) is 9.88. The molecule has 12 rings (SSSR count). The lowest BCUT2D eigenvalue weighted by Gasteiger charge is -2.34.